The molecule has 0 saturated heterocycles. The highest BCUT2D eigenvalue weighted by atomic mass is 16.4. The number of rotatable bonds is 6. The first-order chi connectivity index (χ1) is 9.11. The maximum atomic E-state index is 9.48. The molecule has 0 aliphatic carbocycles. The van der Waals surface area contributed by atoms with Crippen molar-refractivity contribution in [3.63, 3.8) is 0 Å². The van der Waals surface area contributed by atoms with Gasteiger partial charge in [-0.1, -0.05) is 4.98 Å². The normalized spacial score (nSPS) is 14.7. The fraction of sp³-hybridized carbons (Fsp3) is 0.455. The highest BCUT2D eigenvalue weighted by Crippen LogP contribution is 2.14. The molecule has 2 aromatic rings. The lowest BCUT2D eigenvalue weighted by molar-refractivity contribution is -0.362. The summed E-state index contributed by atoms with van der Waals surface area (Å²) in [5, 5.41) is 30.4. The maximum absolute atomic E-state index is 9.48. The van der Waals surface area contributed by atoms with Crippen molar-refractivity contribution < 1.29 is 20.3 Å². The molecule has 0 saturated carbocycles. The highest BCUT2D eigenvalue weighted by Gasteiger charge is 2.15. The quantitative estimate of drug-likeness (QED) is 0.350. The van der Waals surface area contributed by atoms with Gasteiger partial charge < -0.3 is 25.6 Å². The number of nitrogens with two attached hydrogens (primary N) is 1. The number of aliphatic hydroxyl groups is 3. The lowest BCUT2D eigenvalue weighted by Gasteiger charge is -2.15. The van der Waals surface area contributed by atoms with Gasteiger partial charge in [0.15, 0.2) is 5.52 Å². The third-order valence-corrected chi connectivity index (χ3v) is 2.86. The summed E-state index contributed by atoms with van der Waals surface area (Å²) >= 11 is 0. The van der Waals surface area contributed by atoms with Gasteiger partial charge in [-0.25, -0.2) is 4.98 Å². The number of fused-ring (bicyclic) bond motifs is 1. The van der Waals surface area contributed by atoms with E-state index in [0.717, 1.165) is 16.6 Å². The van der Waals surface area contributed by atoms with E-state index in [-0.39, 0.29) is 6.54 Å². The van der Waals surface area contributed by atoms with Crippen molar-refractivity contribution in [3.8, 4) is 0 Å². The number of anilines is 1. The van der Waals surface area contributed by atoms with Crippen LogP contribution in [-0.4, -0.2) is 50.6 Å². The minimum absolute atomic E-state index is 0.169. The molecule has 2 aromatic heterocycles. The van der Waals surface area contributed by atoms with E-state index in [9.17, 15) is 10.2 Å². The molecule has 0 aromatic carbocycles. The SMILES string of the molecule is Nc1nc2c(CNC[C@@H](O)[C@@H](O)CO)c[nH]c2c[nH+]1. The average Bonchev–Trinajstić information content (AvgIpc) is 2.80. The molecular formula is C11H18N5O3+. The van der Waals surface area contributed by atoms with Crippen molar-refractivity contribution >= 4 is 17.0 Å². The first kappa shape index (κ1) is 13.7. The van der Waals surface area contributed by atoms with Crippen LogP contribution in [0.4, 0.5) is 5.95 Å². The van der Waals surface area contributed by atoms with Gasteiger partial charge in [0.1, 0.15) is 11.6 Å². The molecule has 0 aliphatic rings. The van der Waals surface area contributed by atoms with Gasteiger partial charge in [0.05, 0.1) is 18.9 Å². The first-order valence-electron chi connectivity index (χ1n) is 5.93. The molecule has 0 spiro atoms. The summed E-state index contributed by atoms with van der Waals surface area (Å²) in [7, 11) is 0. The Hall–Kier alpha value is -1.74. The molecular weight excluding hydrogens is 250 g/mol. The molecule has 0 radical (unpaired) electrons. The molecule has 19 heavy (non-hydrogen) atoms. The molecule has 104 valence electrons. The standard InChI is InChI=1S/C11H17N5O3/c12-11-15-3-7-10(16-11)6(2-14-7)1-13-4-8(18)9(19)5-17/h2-3,8-9,13-14,17-19H,1,4-5H2,(H2,12,15,16)/p+1/t8-,9+/m1/s1. The second-order valence-electron chi connectivity index (χ2n) is 4.31. The number of H-pyrrole nitrogens is 2. The van der Waals surface area contributed by atoms with Crippen molar-refractivity contribution in [2.24, 2.45) is 0 Å². The largest absolute Gasteiger partial charge is 0.394 e. The Morgan fingerprint density at radius 1 is 1.42 bits per heavy atom. The van der Waals surface area contributed by atoms with E-state index in [2.05, 4.69) is 20.3 Å². The summed E-state index contributed by atoms with van der Waals surface area (Å²) in [5.74, 6) is 0.323. The van der Waals surface area contributed by atoms with Crippen LogP contribution < -0.4 is 16.0 Å². The first-order valence-corrected chi connectivity index (χ1v) is 5.93. The Bertz CT molecular complexity index is 544. The van der Waals surface area contributed by atoms with E-state index in [4.69, 9.17) is 10.8 Å². The zero-order chi connectivity index (χ0) is 13.8. The molecule has 0 aliphatic heterocycles. The minimum Gasteiger partial charge on any atom is -0.394 e. The summed E-state index contributed by atoms with van der Waals surface area (Å²) in [6.07, 6.45) is 1.37. The van der Waals surface area contributed by atoms with E-state index in [1.54, 1.807) is 12.4 Å². The van der Waals surface area contributed by atoms with Crippen LogP contribution in [0.25, 0.3) is 11.0 Å². The summed E-state index contributed by atoms with van der Waals surface area (Å²) in [4.78, 5) is 10.0. The minimum atomic E-state index is -1.14. The van der Waals surface area contributed by atoms with Crippen molar-refractivity contribution in [2.75, 3.05) is 18.9 Å². The van der Waals surface area contributed by atoms with Gasteiger partial charge in [0.25, 0.3) is 0 Å². The van der Waals surface area contributed by atoms with E-state index in [1.165, 1.54) is 0 Å². The van der Waals surface area contributed by atoms with Crippen molar-refractivity contribution in [1.29, 1.82) is 0 Å². The number of aliphatic hydroxyl groups excluding tert-OH is 3. The Morgan fingerprint density at radius 3 is 2.95 bits per heavy atom. The van der Waals surface area contributed by atoms with Crippen LogP contribution in [-0.2, 0) is 6.54 Å². The third-order valence-electron chi connectivity index (χ3n) is 2.86. The average molecular weight is 268 g/mol. The lowest BCUT2D eigenvalue weighted by atomic mass is 10.2. The zero-order valence-electron chi connectivity index (χ0n) is 10.3. The predicted octanol–water partition coefficient (Wildman–Crippen LogP) is -2.24. The third kappa shape index (κ3) is 3.18. The molecule has 8 heteroatoms. The van der Waals surface area contributed by atoms with Gasteiger partial charge in [0.2, 0.25) is 0 Å². The van der Waals surface area contributed by atoms with Crippen LogP contribution in [0.5, 0.6) is 0 Å². The Kier molecular flexibility index (Phi) is 4.27. The maximum Gasteiger partial charge on any atom is 0.387 e. The van der Waals surface area contributed by atoms with E-state index < -0.39 is 18.8 Å². The summed E-state index contributed by atoms with van der Waals surface area (Å²) in [5.41, 5.74) is 8.07. The fourth-order valence-electron chi connectivity index (χ4n) is 1.76. The number of hydrogen-bond acceptors (Lipinski definition) is 6. The topological polar surface area (TPSA) is 142 Å². The van der Waals surface area contributed by atoms with Gasteiger partial charge in [-0.2, -0.15) is 0 Å². The van der Waals surface area contributed by atoms with Crippen LogP contribution >= 0.6 is 0 Å². The van der Waals surface area contributed by atoms with Crippen LogP contribution in [0.3, 0.4) is 0 Å². The number of nitrogens with zero attached hydrogens (tertiary/aromatic N) is 1. The smallest absolute Gasteiger partial charge is 0.387 e. The molecule has 2 rings (SSSR count). The van der Waals surface area contributed by atoms with Gasteiger partial charge >= 0.3 is 5.95 Å². The van der Waals surface area contributed by atoms with E-state index in [0.29, 0.717) is 12.5 Å². The molecule has 0 amide bonds. The second kappa shape index (κ2) is 5.93. The van der Waals surface area contributed by atoms with Crippen molar-refractivity contribution in [3.05, 3.63) is 18.0 Å². The summed E-state index contributed by atoms with van der Waals surface area (Å²) < 4.78 is 0. The number of aromatic amines is 2. The van der Waals surface area contributed by atoms with Crippen molar-refractivity contribution in [1.82, 2.24) is 15.3 Å². The summed E-state index contributed by atoms with van der Waals surface area (Å²) in [6.45, 7) is 0.165. The molecule has 0 fully saturated rings. The second-order valence-corrected chi connectivity index (χ2v) is 4.31. The van der Waals surface area contributed by atoms with E-state index >= 15 is 0 Å². The number of aromatic nitrogens is 3. The van der Waals surface area contributed by atoms with Crippen LogP contribution in [0.15, 0.2) is 12.4 Å². The molecule has 2 atom stereocenters. The zero-order valence-corrected chi connectivity index (χ0v) is 10.3. The molecule has 2 heterocycles. The van der Waals surface area contributed by atoms with Gasteiger partial charge in [-0.05, 0) is 0 Å². The number of nitrogen functional groups attached to an aromatic ring is 1. The van der Waals surface area contributed by atoms with Crippen molar-refractivity contribution in [2.45, 2.75) is 18.8 Å². The van der Waals surface area contributed by atoms with Gasteiger partial charge in [-0.3, -0.25) is 5.73 Å². The lowest BCUT2D eigenvalue weighted by Crippen LogP contribution is -2.38. The predicted molar refractivity (Wildman–Crippen MR) is 67.9 cm³/mol. The molecule has 0 bridgehead atoms. The fourth-order valence-corrected chi connectivity index (χ4v) is 1.76. The molecule has 8 nitrogen and oxygen atoms in total. The van der Waals surface area contributed by atoms with Gasteiger partial charge in [0, 0.05) is 24.8 Å². The van der Waals surface area contributed by atoms with E-state index in [1.807, 2.05) is 0 Å². The Labute approximate surface area is 109 Å². The monoisotopic (exact) mass is 268 g/mol. The van der Waals surface area contributed by atoms with Crippen LogP contribution in [0, 0.1) is 0 Å². The number of nitrogens with one attached hydrogen (secondary N) is 3. The van der Waals surface area contributed by atoms with Crippen LogP contribution in [0.2, 0.25) is 0 Å². The Morgan fingerprint density at radius 2 is 2.21 bits per heavy atom. The van der Waals surface area contributed by atoms with Gasteiger partial charge in [-0.15, -0.1) is 0 Å². The Balaban J connectivity index is 1.96. The number of hydrogen-bond donors (Lipinski definition) is 6. The molecule has 8 N–H and O–H groups in total. The van der Waals surface area contributed by atoms with Crippen LogP contribution in [0.1, 0.15) is 5.56 Å². The summed E-state index contributed by atoms with van der Waals surface area (Å²) in [6, 6.07) is 0. The highest BCUT2D eigenvalue weighted by molar-refractivity contribution is 5.77. The molecule has 0 unspecified atom stereocenters.